The average Bonchev–Trinajstić information content (AvgIpc) is 3.00. The minimum absolute atomic E-state index is 0.0856. The lowest BCUT2D eigenvalue weighted by atomic mass is 10.1. The Labute approximate surface area is 164 Å². The maximum atomic E-state index is 12.0. The standard InChI is InChI=1S/C18H19N5O4S/c1-23(17(25)22-16-19-7-2-8-20-16)9-10-27-13-5-3-12(4-6-13)11-14-15(24)21-18(26)28-14/h2-8,24H,9-11H2,1H3,(H,21,26)(H,19,20,22,25). The Morgan fingerprint density at radius 3 is 2.64 bits per heavy atom. The molecule has 0 aliphatic carbocycles. The first-order valence-corrected chi connectivity index (χ1v) is 9.25. The first kappa shape index (κ1) is 19.4. The van der Waals surface area contributed by atoms with Crippen molar-refractivity contribution in [1.29, 1.82) is 0 Å². The number of urea groups is 1. The van der Waals surface area contributed by atoms with Crippen LogP contribution in [0.15, 0.2) is 47.5 Å². The number of nitrogens with zero attached hydrogens (tertiary/aromatic N) is 3. The Hall–Kier alpha value is -3.40. The van der Waals surface area contributed by atoms with Gasteiger partial charge in [0.2, 0.25) is 11.8 Å². The Morgan fingerprint density at radius 2 is 2.00 bits per heavy atom. The van der Waals surface area contributed by atoms with Crippen molar-refractivity contribution in [1.82, 2.24) is 19.9 Å². The molecule has 0 aliphatic heterocycles. The van der Waals surface area contributed by atoms with Gasteiger partial charge in [-0.2, -0.15) is 0 Å². The zero-order valence-corrected chi connectivity index (χ0v) is 15.9. The lowest BCUT2D eigenvalue weighted by molar-refractivity contribution is 0.207. The lowest BCUT2D eigenvalue weighted by Gasteiger charge is -2.17. The second kappa shape index (κ2) is 9.00. The minimum atomic E-state index is -0.324. The van der Waals surface area contributed by atoms with Crippen LogP contribution in [0.5, 0.6) is 11.6 Å². The summed E-state index contributed by atoms with van der Waals surface area (Å²) in [4.78, 5) is 35.3. The molecule has 0 atom stereocenters. The van der Waals surface area contributed by atoms with Gasteiger partial charge >= 0.3 is 10.9 Å². The van der Waals surface area contributed by atoms with Crippen LogP contribution in [0.4, 0.5) is 10.7 Å². The van der Waals surface area contributed by atoms with Crippen molar-refractivity contribution in [2.75, 3.05) is 25.5 Å². The molecule has 3 N–H and O–H groups in total. The van der Waals surface area contributed by atoms with E-state index in [0.717, 1.165) is 16.9 Å². The van der Waals surface area contributed by atoms with Gasteiger partial charge in [0.1, 0.15) is 12.4 Å². The van der Waals surface area contributed by atoms with Crippen LogP contribution in [-0.2, 0) is 6.42 Å². The number of aromatic hydroxyl groups is 1. The molecule has 0 bridgehead atoms. The van der Waals surface area contributed by atoms with E-state index in [-0.39, 0.29) is 22.7 Å². The van der Waals surface area contributed by atoms with Crippen LogP contribution in [0.1, 0.15) is 10.4 Å². The number of thiazole rings is 1. The molecule has 3 rings (SSSR count). The van der Waals surface area contributed by atoms with E-state index in [1.54, 1.807) is 37.6 Å². The number of H-pyrrole nitrogens is 1. The predicted octanol–water partition coefficient (Wildman–Crippen LogP) is 2.07. The van der Waals surface area contributed by atoms with Crippen molar-refractivity contribution in [3.05, 3.63) is 62.8 Å². The quantitative estimate of drug-likeness (QED) is 0.557. The van der Waals surface area contributed by atoms with Gasteiger partial charge in [-0.1, -0.05) is 23.5 Å². The van der Waals surface area contributed by atoms with Crippen molar-refractivity contribution in [2.24, 2.45) is 0 Å². The van der Waals surface area contributed by atoms with E-state index >= 15 is 0 Å². The van der Waals surface area contributed by atoms with E-state index in [9.17, 15) is 14.7 Å². The minimum Gasteiger partial charge on any atom is -0.494 e. The molecule has 2 aromatic heterocycles. The van der Waals surface area contributed by atoms with E-state index < -0.39 is 0 Å². The second-order valence-electron chi connectivity index (χ2n) is 5.88. The second-order valence-corrected chi connectivity index (χ2v) is 6.95. The van der Waals surface area contributed by atoms with Crippen LogP contribution in [0.25, 0.3) is 0 Å². The number of hydrogen-bond acceptors (Lipinski definition) is 7. The fourth-order valence-electron chi connectivity index (χ4n) is 2.32. The first-order valence-electron chi connectivity index (χ1n) is 8.43. The molecule has 3 aromatic rings. The number of aromatic nitrogens is 3. The SMILES string of the molecule is CN(CCOc1ccc(Cc2sc(=O)[nH]c2O)cc1)C(=O)Nc1ncccn1. The highest BCUT2D eigenvalue weighted by Gasteiger charge is 2.10. The Bertz CT molecular complexity index is 972. The lowest BCUT2D eigenvalue weighted by Crippen LogP contribution is -2.35. The number of carbonyl (C=O) groups is 1. The largest absolute Gasteiger partial charge is 0.494 e. The molecule has 10 heteroatoms. The van der Waals surface area contributed by atoms with Crippen molar-refractivity contribution in [2.45, 2.75) is 6.42 Å². The van der Waals surface area contributed by atoms with E-state index in [4.69, 9.17) is 4.74 Å². The van der Waals surface area contributed by atoms with Crippen LogP contribution >= 0.6 is 11.3 Å². The van der Waals surface area contributed by atoms with Crippen molar-refractivity contribution < 1.29 is 14.6 Å². The van der Waals surface area contributed by atoms with Crippen LogP contribution in [0, 0.1) is 0 Å². The molecule has 0 aliphatic rings. The van der Waals surface area contributed by atoms with Crippen molar-refractivity contribution >= 4 is 23.3 Å². The third kappa shape index (κ3) is 5.30. The maximum absolute atomic E-state index is 12.0. The summed E-state index contributed by atoms with van der Waals surface area (Å²) in [6, 6.07) is 8.68. The molecule has 0 radical (unpaired) electrons. The van der Waals surface area contributed by atoms with E-state index in [0.29, 0.717) is 30.2 Å². The normalized spacial score (nSPS) is 10.5. The van der Waals surface area contributed by atoms with Gasteiger partial charge in [0.25, 0.3) is 0 Å². The number of rotatable bonds is 7. The van der Waals surface area contributed by atoms with Gasteiger partial charge in [-0.25, -0.2) is 14.8 Å². The molecule has 0 saturated heterocycles. The fraction of sp³-hybridized carbons (Fsp3) is 0.222. The Balaban J connectivity index is 1.45. The van der Waals surface area contributed by atoms with Gasteiger partial charge in [-0.3, -0.25) is 15.1 Å². The van der Waals surface area contributed by atoms with E-state index in [1.165, 1.54) is 4.90 Å². The molecular weight excluding hydrogens is 382 g/mol. The molecule has 2 heterocycles. The van der Waals surface area contributed by atoms with Crippen molar-refractivity contribution in [3.8, 4) is 11.6 Å². The van der Waals surface area contributed by atoms with Gasteiger partial charge in [-0.05, 0) is 23.8 Å². The molecule has 9 nitrogen and oxygen atoms in total. The summed E-state index contributed by atoms with van der Waals surface area (Å²) < 4.78 is 5.65. The number of likely N-dealkylation sites (N-methyl/N-ethyl adjacent to an activating group) is 1. The Morgan fingerprint density at radius 1 is 1.29 bits per heavy atom. The third-order valence-electron chi connectivity index (χ3n) is 3.82. The van der Waals surface area contributed by atoms with Gasteiger partial charge in [0, 0.05) is 25.9 Å². The highest BCUT2D eigenvalue weighted by atomic mass is 32.1. The summed E-state index contributed by atoms with van der Waals surface area (Å²) in [5.41, 5.74) is 0.942. The first-order chi connectivity index (χ1) is 13.5. The summed E-state index contributed by atoms with van der Waals surface area (Å²) in [6.45, 7) is 0.699. The van der Waals surface area contributed by atoms with E-state index in [1.807, 2.05) is 12.1 Å². The number of benzene rings is 1. The number of aromatic amines is 1. The summed E-state index contributed by atoms with van der Waals surface area (Å²) in [7, 11) is 1.65. The molecule has 0 saturated carbocycles. The maximum Gasteiger partial charge on any atom is 0.324 e. The molecule has 146 valence electrons. The number of anilines is 1. The van der Waals surface area contributed by atoms with Crippen LogP contribution in [0.2, 0.25) is 0 Å². The molecule has 0 fully saturated rings. The number of amides is 2. The number of ether oxygens (including phenoxy) is 1. The molecule has 0 spiro atoms. The molecule has 2 amide bonds. The third-order valence-corrected chi connectivity index (χ3v) is 4.69. The van der Waals surface area contributed by atoms with Gasteiger partial charge < -0.3 is 14.7 Å². The van der Waals surface area contributed by atoms with Crippen LogP contribution in [-0.4, -0.2) is 51.2 Å². The zero-order chi connectivity index (χ0) is 19.9. The monoisotopic (exact) mass is 401 g/mol. The molecular formula is C18H19N5O4S. The average molecular weight is 401 g/mol. The Kier molecular flexibility index (Phi) is 6.22. The number of carbonyl (C=O) groups excluding carboxylic acids is 1. The predicted molar refractivity (Wildman–Crippen MR) is 105 cm³/mol. The number of hydrogen-bond donors (Lipinski definition) is 3. The van der Waals surface area contributed by atoms with Gasteiger partial charge in [0.05, 0.1) is 11.4 Å². The van der Waals surface area contributed by atoms with Gasteiger partial charge in [-0.15, -0.1) is 0 Å². The summed E-state index contributed by atoms with van der Waals surface area (Å²) in [5.74, 6) is 0.822. The molecule has 1 aromatic carbocycles. The van der Waals surface area contributed by atoms with Crippen molar-refractivity contribution in [3.63, 3.8) is 0 Å². The van der Waals surface area contributed by atoms with Crippen LogP contribution in [0.3, 0.4) is 0 Å². The molecule has 0 unspecified atom stereocenters. The summed E-state index contributed by atoms with van der Waals surface area (Å²) in [6.07, 6.45) is 3.56. The van der Waals surface area contributed by atoms with Crippen LogP contribution < -0.4 is 14.9 Å². The molecule has 28 heavy (non-hydrogen) atoms. The summed E-state index contributed by atoms with van der Waals surface area (Å²) >= 11 is 0.989. The zero-order valence-electron chi connectivity index (χ0n) is 15.1. The fourth-order valence-corrected chi connectivity index (χ4v) is 3.08. The van der Waals surface area contributed by atoms with E-state index in [2.05, 4.69) is 20.3 Å². The highest BCUT2D eigenvalue weighted by molar-refractivity contribution is 7.09. The smallest absolute Gasteiger partial charge is 0.324 e. The van der Waals surface area contributed by atoms with Gasteiger partial charge in [0.15, 0.2) is 0 Å². The summed E-state index contributed by atoms with van der Waals surface area (Å²) in [5, 5.41) is 12.2. The topological polar surface area (TPSA) is 120 Å². The highest BCUT2D eigenvalue weighted by Crippen LogP contribution is 2.21. The number of nitrogens with one attached hydrogen (secondary N) is 2.